The van der Waals surface area contributed by atoms with Crippen molar-refractivity contribution in [1.29, 1.82) is 0 Å². The second-order valence-electron chi connectivity index (χ2n) is 11.1. The molecule has 2 aromatic rings. The van der Waals surface area contributed by atoms with Crippen LogP contribution >= 0.6 is 0 Å². The van der Waals surface area contributed by atoms with Crippen LogP contribution in [0.1, 0.15) is 36.8 Å². The lowest BCUT2D eigenvalue weighted by Crippen LogP contribution is -2.47. The molecule has 0 radical (unpaired) electrons. The van der Waals surface area contributed by atoms with Crippen LogP contribution in [0.5, 0.6) is 5.75 Å². The predicted octanol–water partition coefficient (Wildman–Crippen LogP) is 3.30. The molecular weight excluding hydrogens is 492 g/mol. The minimum absolute atomic E-state index is 0.136. The van der Waals surface area contributed by atoms with E-state index in [0.29, 0.717) is 45.1 Å². The lowest BCUT2D eigenvalue weighted by molar-refractivity contribution is -0.135. The topological polar surface area (TPSA) is 74.3 Å². The maximum Gasteiger partial charge on any atom is 0.236 e. The van der Waals surface area contributed by atoms with Crippen molar-refractivity contribution in [3.8, 4) is 5.75 Å². The van der Waals surface area contributed by atoms with Crippen LogP contribution in [0.2, 0.25) is 0 Å². The Balaban J connectivity index is 1.22. The van der Waals surface area contributed by atoms with Gasteiger partial charge in [0.15, 0.2) is 0 Å². The zero-order valence-corrected chi connectivity index (χ0v) is 23.1. The van der Waals surface area contributed by atoms with Gasteiger partial charge in [-0.3, -0.25) is 9.59 Å². The molecule has 39 heavy (non-hydrogen) atoms. The van der Waals surface area contributed by atoms with Crippen LogP contribution in [-0.4, -0.2) is 81.2 Å². The number of amides is 2. The zero-order valence-electron chi connectivity index (χ0n) is 23.1. The van der Waals surface area contributed by atoms with E-state index >= 15 is 0 Å². The molecule has 0 saturated carbocycles. The third-order valence-electron chi connectivity index (χ3n) is 8.36. The summed E-state index contributed by atoms with van der Waals surface area (Å²) in [6.07, 6.45) is 3.24. The van der Waals surface area contributed by atoms with E-state index < -0.39 is 0 Å². The number of hydrogen-bond acceptors (Lipinski definition) is 6. The van der Waals surface area contributed by atoms with Crippen molar-refractivity contribution in [2.24, 2.45) is 11.8 Å². The molecular formula is C31H42N4O4. The summed E-state index contributed by atoms with van der Waals surface area (Å²) < 4.78 is 11.8. The average Bonchev–Trinajstić information content (AvgIpc) is 2.97. The van der Waals surface area contributed by atoms with E-state index in [0.717, 1.165) is 69.0 Å². The van der Waals surface area contributed by atoms with Crippen molar-refractivity contribution < 1.29 is 19.1 Å². The fraction of sp³-hybridized carbons (Fsp3) is 0.548. The molecule has 2 saturated heterocycles. The smallest absolute Gasteiger partial charge is 0.236 e. The summed E-state index contributed by atoms with van der Waals surface area (Å²) >= 11 is 0. The number of hydrogen-bond donors (Lipinski definition) is 1. The number of piperidine rings is 1. The summed E-state index contributed by atoms with van der Waals surface area (Å²) in [5.41, 5.74) is 3.38. The lowest BCUT2D eigenvalue weighted by atomic mass is 9.80. The summed E-state index contributed by atoms with van der Waals surface area (Å²) in [4.78, 5) is 32.4. The SMILES string of the molecule is CN(Cc1ccccc1)C(=O)C[C@@H]1CCN2C[C@@H]1CCCOc1ccc(N3CCOCC3)cc1CNCC2=O. The van der Waals surface area contributed by atoms with Crippen LogP contribution < -0.4 is 15.0 Å². The van der Waals surface area contributed by atoms with Crippen molar-refractivity contribution >= 4 is 17.5 Å². The number of ether oxygens (including phenoxy) is 2. The predicted molar refractivity (Wildman–Crippen MR) is 152 cm³/mol. The summed E-state index contributed by atoms with van der Waals surface area (Å²) in [6.45, 7) is 6.82. The molecule has 3 heterocycles. The van der Waals surface area contributed by atoms with Gasteiger partial charge in [-0.1, -0.05) is 30.3 Å². The molecule has 2 amide bonds. The summed E-state index contributed by atoms with van der Waals surface area (Å²) in [5, 5.41) is 3.37. The van der Waals surface area contributed by atoms with Crippen molar-refractivity contribution in [1.82, 2.24) is 15.1 Å². The number of nitrogens with one attached hydrogen (secondary N) is 1. The van der Waals surface area contributed by atoms with Gasteiger partial charge in [0.1, 0.15) is 5.75 Å². The molecule has 2 aromatic carbocycles. The first kappa shape index (κ1) is 27.5. The Morgan fingerprint density at radius 2 is 1.82 bits per heavy atom. The van der Waals surface area contributed by atoms with Crippen LogP contribution in [0.25, 0.3) is 0 Å². The molecule has 3 aliphatic heterocycles. The van der Waals surface area contributed by atoms with E-state index in [-0.39, 0.29) is 17.7 Å². The number of benzene rings is 2. The average molecular weight is 535 g/mol. The molecule has 8 heteroatoms. The maximum atomic E-state index is 13.1. The van der Waals surface area contributed by atoms with Gasteiger partial charge in [0.25, 0.3) is 0 Å². The highest BCUT2D eigenvalue weighted by atomic mass is 16.5. The molecule has 3 aliphatic rings. The Labute approximate surface area is 232 Å². The van der Waals surface area contributed by atoms with E-state index in [4.69, 9.17) is 9.47 Å². The van der Waals surface area contributed by atoms with E-state index in [1.165, 1.54) is 5.69 Å². The number of rotatable bonds is 5. The molecule has 0 unspecified atom stereocenters. The zero-order chi connectivity index (χ0) is 27.0. The molecule has 0 spiro atoms. The summed E-state index contributed by atoms with van der Waals surface area (Å²) in [6, 6.07) is 16.5. The Morgan fingerprint density at radius 1 is 1.00 bits per heavy atom. The third-order valence-corrected chi connectivity index (χ3v) is 8.36. The first-order valence-electron chi connectivity index (χ1n) is 14.4. The van der Waals surface area contributed by atoms with E-state index in [9.17, 15) is 9.59 Å². The van der Waals surface area contributed by atoms with Gasteiger partial charge in [0.2, 0.25) is 11.8 Å². The van der Waals surface area contributed by atoms with Crippen LogP contribution in [0, 0.1) is 11.8 Å². The van der Waals surface area contributed by atoms with E-state index in [2.05, 4.69) is 40.5 Å². The second-order valence-corrected chi connectivity index (χ2v) is 11.1. The lowest BCUT2D eigenvalue weighted by Gasteiger charge is -2.39. The monoisotopic (exact) mass is 534 g/mol. The minimum atomic E-state index is 0.136. The van der Waals surface area contributed by atoms with Gasteiger partial charge in [-0.25, -0.2) is 0 Å². The maximum absolute atomic E-state index is 13.1. The molecule has 8 nitrogen and oxygen atoms in total. The molecule has 210 valence electrons. The van der Waals surface area contributed by atoms with Gasteiger partial charge in [-0.15, -0.1) is 0 Å². The van der Waals surface area contributed by atoms with Gasteiger partial charge in [-0.2, -0.15) is 0 Å². The third kappa shape index (κ3) is 7.31. The largest absolute Gasteiger partial charge is 0.493 e. The second kappa shape index (κ2) is 13.3. The first-order chi connectivity index (χ1) is 19.1. The van der Waals surface area contributed by atoms with Crippen molar-refractivity contribution in [3.63, 3.8) is 0 Å². The molecule has 2 fully saturated rings. The first-order valence-corrected chi connectivity index (χ1v) is 14.4. The number of nitrogens with zero attached hydrogens (tertiary/aromatic N) is 3. The number of anilines is 1. The van der Waals surface area contributed by atoms with Crippen LogP contribution in [0.3, 0.4) is 0 Å². The Kier molecular flexibility index (Phi) is 9.37. The number of carbonyl (C=O) groups excluding carboxylic acids is 2. The molecule has 2 atom stereocenters. The fourth-order valence-corrected chi connectivity index (χ4v) is 6.04. The minimum Gasteiger partial charge on any atom is -0.493 e. The molecule has 5 rings (SSSR count). The van der Waals surface area contributed by atoms with E-state index in [1.54, 1.807) is 0 Å². The molecule has 2 bridgehead atoms. The van der Waals surface area contributed by atoms with Crippen LogP contribution in [0.15, 0.2) is 48.5 Å². The van der Waals surface area contributed by atoms with Crippen molar-refractivity contribution in [3.05, 3.63) is 59.7 Å². The molecule has 1 N–H and O–H groups in total. The summed E-state index contributed by atoms with van der Waals surface area (Å²) in [7, 11) is 1.89. The Morgan fingerprint density at radius 3 is 2.64 bits per heavy atom. The normalized spacial score (nSPS) is 22.5. The van der Waals surface area contributed by atoms with Gasteiger partial charge in [0.05, 0.1) is 26.4 Å². The van der Waals surface area contributed by atoms with Gasteiger partial charge in [-0.05, 0) is 54.9 Å². The van der Waals surface area contributed by atoms with Crippen molar-refractivity contribution in [2.75, 3.05) is 64.5 Å². The molecule has 0 aliphatic carbocycles. The fourth-order valence-electron chi connectivity index (χ4n) is 6.04. The van der Waals surface area contributed by atoms with Gasteiger partial charge < -0.3 is 29.5 Å². The number of fused-ring (bicyclic) bond motifs is 3. The van der Waals surface area contributed by atoms with Gasteiger partial charge in [0, 0.05) is 64.0 Å². The van der Waals surface area contributed by atoms with E-state index in [1.807, 2.05) is 35.0 Å². The summed E-state index contributed by atoms with van der Waals surface area (Å²) in [5.74, 6) is 1.76. The quantitative estimate of drug-likeness (QED) is 0.635. The highest BCUT2D eigenvalue weighted by molar-refractivity contribution is 5.79. The highest BCUT2D eigenvalue weighted by Crippen LogP contribution is 2.32. The van der Waals surface area contributed by atoms with Crippen molar-refractivity contribution in [2.45, 2.75) is 38.8 Å². The van der Waals surface area contributed by atoms with Gasteiger partial charge >= 0.3 is 0 Å². The molecule has 0 aromatic heterocycles. The Bertz CT molecular complexity index is 1110. The van der Waals surface area contributed by atoms with Crippen LogP contribution in [0.4, 0.5) is 5.69 Å². The standard InChI is InChI=1S/C31H42N4O4/c1-33(22-24-6-3-2-4-7-24)30(36)19-25-11-12-35-23-26(25)8-5-15-39-29-10-9-28(34-13-16-38-17-14-34)18-27(29)20-32-21-31(35)37/h2-4,6-7,9-10,18,25-26,32H,5,8,11-17,19-23H2,1H3/t25-,26-/m0/s1. The Hall–Kier alpha value is -3.10. The highest BCUT2D eigenvalue weighted by Gasteiger charge is 2.33. The number of morpholine rings is 1. The van der Waals surface area contributed by atoms with Crippen LogP contribution in [-0.2, 0) is 27.4 Å². The number of carbonyl (C=O) groups is 2.